The van der Waals surface area contributed by atoms with Crippen LogP contribution in [0.2, 0.25) is 5.02 Å². The average Bonchev–Trinajstić information content (AvgIpc) is 2.75. The van der Waals surface area contributed by atoms with Gasteiger partial charge in [0, 0.05) is 30.6 Å². The third-order valence-electron chi connectivity index (χ3n) is 5.16. The smallest absolute Gasteiger partial charge is 0.242 e. The van der Waals surface area contributed by atoms with E-state index in [4.69, 9.17) is 11.6 Å². The molecule has 0 unspecified atom stereocenters. The molecule has 0 aliphatic heterocycles. The summed E-state index contributed by atoms with van der Waals surface area (Å²) in [7, 11) is -3.64. The maximum absolute atomic E-state index is 13.3. The fourth-order valence-corrected chi connectivity index (χ4v) is 4.57. The average molecular weight is 512 g/mol. The molecule has 186 valence electrons. The van der Waals surface area contributed by atoms with Crippen molar-refractivity contribution in [1.29, 1.82) is 0 Å². The summed E-state index contributed by atoms with van der Waals surface area (Å²) >= 11 is 6.28. The zero-order valence-corrected chi connectivity index (χ0v) is 21.4. The molecule has 0 aliphatic carbocycles. The molecule has 10 heteroatoms. The molecule has 0 spiro atoms. The van der Waals surface area contributed by atoms with E-state index in [1.54, 1.807) is 31.2 Å². The number of hydrogen-bond acceptors (Lipinski definition) is 4. The van der Waals surface area contributed by atoms with E-state index in [0.717, 1.165) is 10.6 Å². The summed E-state index contributed by atoms with van der Waals surface area (Å²) < 4.78 is 38.9. The highest BCUT2D eigenvalue weighted by molar-refractivity contribution is 7.92. The Balaban J connectivity index is 2.17. The van der Waals surface area contributed by atoms with E-state index in [9.17, 15) is 22.4 Å². The number of carbonyl (C=O) groups is 2. The molecule has 0 bridgehead atoms. The molecule has 0 saturated carbocycles. The van der Waals surface area contributed by atoms with E-state index >= 15 is 0 Å². The number of benzene rings is 2. The van der Waals surface area contributed by atoms with Crippen molar-refractivity contribution in [3.8, 4) is 0 Å². The molecule has 34 heavy (non-hydrogen) atoms. The lowest BCUT2D eigenvalue weighted by Gasteiger charge is -2.30. The SMILES string of the molecule is CC(C)NC(=O)[C@H](C)N(Cc1ccccc1Cl)C(=O)CCCN(c1ccc(F)cc1)S(C)(=O)=O. The standard InChI is InChI=1S/C24H31ClFN3O4S/c1-17(2)27-24(31)18(3)28(16-19-8-5-6-9-22(19)25)23(30)10-7-15-29(34(4,32)33)21-13-11-20(26)12-14-21/h5-6,8-9,11-14,17-18H,7,10,15-16H2,1-4H3,(H,27,31)/t18-/m0/s1. The molecule has 2 aromatic rings. The first-order valence-corrected chi connectivity index (χ1v) is 13.2. The maximum Gasteiger partial charge on any atom is 0.242 e. The molecular formula is C24H31ClFN3O4S. The first-order valence-electron chi connectivity index (χ1n) is 11.0. The summed E-state index contributed by atoms with van der Waals surface area (Å²) in [5.41, 5.74) is 1.01. The first-order chi connectivity index (χ1) is 15.9. The number of nitrogens with one attached hydrogen (secondary N) is 1. The zero-order valence-electron chi connectivity index (χ0n) is 19.8. The maximum atomic E-state index is 13.3. The van der Waals surface area contributed by atoms with Crippen molar-refractivity contribution in [3.05, 3.63) is 64.9 Å². The molecule has 2 rings (SSSR count). The quantitative estimate of drug-likeness (QED) is 0.494. The van der Waals surface area contributed by atoms with Crippen LogP contribution in [0.1, 0.15) is 39.2 Å². The van der Waals surface area contributed by atoms with Crippen LogP contribution in [0, 0.1) is 5.82 Å². The molecule has 0 heterocycles. The summed E-state index contributed by atoms with van der Waals surface area (Å²) in [6, 6.07) is 11.3. The van der Waals surface area contributed by atoms with Crippen molar-refractivity contribution in [2.45, 2.75) is 52.2 Å². The summed E-state index contributed by atoms with van der Waals surface area (Å²) in [5, 5.41) is 3.30. The number of hydrogen-bond donors (Lipinski definition) is 1. The molecule has 7 nitrogen and oxygen atoms in total. The van der Waals surface area contributed by atoms with Gasteiger partial charge < -0.3 is 10.2 Å². The van der Waals surface area contributed by atoms with Crippen LogP contribution in [-0.4, -0.2) is 50.0 Å². The Bertz CT molecular complexity index is 1090. The van der Waals surface area contributed by atoms with Crippen LogP contribution in [0.25, 0.3) is 0 Å². The van der Waals surface area contributed by atoms with Crippen molar-refractivity contribution in [2.75, 3.05) is 17.1 Å². The van der Waals surface area contributed by atoms with Crippen molar-refractivity contribution in [2.24, 2.45) is 0 Å². The van der Waals surface area contributed by atoms with Gasteiger partial charge in [0.15, 0.2) is 0 Å². The van der Waals surface area contributed by atoms with E-state index in [1.165, 1.54) is 29.2 Å². The molecule has 1 atom stereocenters. The van der Waals surface area contributed by atoms with Gasteiger partial charge in [0.05, 0.1) is 11.9 Å². The number of nitrogens with zero attached hydrogens (tertiary/aromatic N) is 2. The molecule has 2 amide bonds. The van der Waals surface area contributed by atoms with Crippen LogP contribution in [0.3, 0.4) is 0 Å². The highest BCUT2D eigenvalue weighted by Gasteiger charge is 2.27. The predicted molar refractivity (Wildman–Crippen MR) is 133 cm³/mol. The lowest BCUT2D eigenvalue weighted by atomic mass is 10.1. The Labute approximate surface area is 205 Å². The van der Waals surface area contributed by atoms with E-state index in [0.29, 0.717) is 16.3 Å². The molecule has 0 radical (unpaired) electrons. The van der Waals surface area contributed by atoms with E-state index in [-0.39, 0.29) is 43.8 Å². The second kappa shape index (κ2) is 12.2. The highest BCUT2D eigenvalue weighted by atomic mass is 35.5. The molecule has 0 aromatic heterocycles. The van der Waals surface area contributed by atoms with Gasteiger partial charge >= 0.3 is 0 Å². The van der Waals surface area contributed by atoms with Gasteiger partial charge in [-0.05, 0) is 63.1 Å². The summed E-state index contributed by atoms with van der Waals surface area (Å²) in [6.45, 7) is 5.48. The van der Waals surface area contributed by atoms with Crippen LogP contribution in [-0.2, 0) is 26.2 Å². The number of rotatable bonds is 11. The fourth-order valence-electron chi connectivity index (χ4n) is 3.41. The van der Waals surface area contributed by atoms with Gasteiger partial charge in [0.2, 0.25) is 21.8 Å². The zero-order chi connectivity index (χ0) is 25.5. The minimum absolute atomic E-state index is 0.0109. The second-order valence-corrected chi connectivity index (χ2v) is 10.7. The summed E-state index contributed by atoms with van der Waals surface area (Å²) in [5.74, 6) is -1.07. The Kier molecular flexibility index (Phi) is 9.88. The number of carbonyl (C=O) groups excluding carboxylic acids is 2. The van der Waals surface area contributed by atoms with Gasteiger partial charge in [0.1, 0.15) is 11.9 Å². The van der Waals surface area contributed by atoms with Gasteiger partial charge in [-0.2, -0.15) is 0 Å². The Morgan fingerprint density at radius 2 is 1.68 bits per heavy atom. The minimum atomic E-state index is -3.64. The third-order valence-corrected chi connectivity index (χ3v) is 6.73. The molecular weight excluding hydrogens is 481 g/mol. The van der Waals surface area contributed by atoms with Crippen LogP contribution < -0.4 is 9.62 Å². The lowest BCUT2D eigenvalue weighted by Crippen LogP contribution is -2.49. The van der Waals surface area contributed by atoms with Crippen LogP contribution in [0.5, 0.6) is 0 Å². The molecule has 0 saturated heterocycles. The first kappa shape index (κ1) is 27.6. The van der Waals surface area contributed by atoms with E-state index in [2.05, 4.69) is 5.32 Å². The van der Waals surface area contributed by atoms with Gasteiger partial charge in [-0.1, -0.05) is 29.8 Å². The van der Waals surface area contributed by atoms with Crippen molar-refractivity contribution in [1.82, 2.24) is 10.2 Å². The van der Waals surface area contributed by atoms with Crippen LogP contribution >= 0.6 is 11.6 Å². The number of halogens is 2. The van der Waals surface area contributed by atoms with Gasteiger partial charge in [0.25, 0.3) is 0 Å². The third kappa shape index (κ3) is 7.99. The van der Waals surface area contributed by atoms with Gasteiger partial charge in [-0.3, -0.25) is 13.9 Å². The fraction of sp³-hybridized carbons (Fsp3) is 0.417. The van der Waals surface area contributed by atoms with Crippen molar-refractivity contribution >= 4 is 39.1 Å². The van der Waals surface area contributed by atoms with Crippen LogP contribution in [0.15, 0.2) is 48.5 Å². The second-order valence-electron chi connectivity index (χ2n) is 8.37. The van der Waals surface area contributed by atoms with Gasteiger partial charge in [-0.15, -0.1) is 0 Å². The Morgan fingerprint density at radius 1 is 1.06 bits per heavy atom. The van der Waals surface area contributed by atoms with Gasteiger partial charge in [-0.25, -0.2) is 12.8 Å². The Morgan fingerprint density at radius 3 is 2.24 bits per heavy atom. The molecule has 0 fully saturated rings. The summed E-state index contributed by atoms with van der Waals surface area (Å²) in [4.78, 5) is 27.3. The van der Waals surface area contributed by atoms with E-state index in [1.807, 2.05) is 13.8 Å². The minimum Gasteiger partial charge on any atom is -0.352 e. The van der Waals surface area contributed by atoms with Crippen molar-refractivity contribution < 1.29 is 22.4 Å². The monoisotopic (exact) mass is 511 g/mol. The summed E-state index contributed by atoms with van der Waals surface area (Å²) in [6.07, 6.45) is 1.28. The Hall–Kier alpha value is -2.65. The number of amides is 2. The lowest BCUT2D eigenvalue weighted by molar-refractivity contribution is -0.140. The van der Waals surface area contributed by atoms with E-state index < -0.39 is 21.9 Å². The largest absolute Gasteiger partial charge is 0.352 e. The highest BCUT2D eigenvalue weighted by Crippen LogP contribution is 2.21. The number of anilines is 1. The van der Waals surface area contributed by atoms with Crippen molar-refractivity contribution in [3.63, 3.8) is 0 Å². The normalized spacial score (nSPS) is 12.3. The van der Waals surface area contributed by atoms with Crippen LogP contribution in [0.4, 0.5) is 10.1 Å². The topological polar surface area (TPSA) is 86.8 Å². The predicted octanol–water partition coefficient (Wildman–Crippen LogP) is 3.97. The molecule has 2 aromatic carbocycles. The molecule has 1 N–H and O–H groups in total. The number of sulfonamides is 1. The molecule has 0 aliphatic rings.